The minimum absolute atomic E-state index is 0. The van der Waals surface area contributed by atoms with Gasteiger partial charge in [0.15, 0.2) is 5.78 Å². The maximum absolute atomic E-state index is 12.6. The fourth-order valence-corrected chi connectivity index (χ4v) is 3.89. The molecule has 1 aromatic rings. The Balaban J connectivity index is 0.00000288. The van der Waals surface area contributed by atoms with E-state index in [0.717, 1.165) is 0 Å². The minimum Gasteiger partial charge on any atom is -0.340 e. The molecule has 0 aromatic heterocycles. The van der Waals surface area contributed by atoms with Gasteiger partial charge in [-0.3, -0.25) is 9.59 Å². The fraction of sp³-hybridized carbons (Fsp3) is 0.467. The number of Topliss-reactive ketones (excluding diaryl/α,β-unsaturated/α-hetero) is 1. The van der Waals surface area contributed by atoms with Crippen LogP contribution in [0.4, 0.5) is 0 Å². The monoisotopic (exact) mass is 375 g/mol. The van der Waals surface area contributed by atoms with Crippen LogP contribution in [0.3, 0.4) is 0 Å². The summed E-state index contributed by atoms with van der Waals surface area (Å²) < 4.78 is 26.5. The predicted octanol–water partition coefficient (Wildman–Crippen LogP) is 0.493. The van der Waals surface area contributed by atoms with Gasteiger partial charge in [0.2, 0.25) is 15.9 Å². The Morgan fingerprint density at radius 3 is 2.08 bits per heavy atom. The largest absolute Gasteiger partial charge is 0.340 e. The van der Waals surface area contributed by atoms with E-state index in [-0.39, 0.29) is 48.5 Å². The number of ketones is 1. The first-order valence-electron chi connectivity index (χ1n) is 7.45. The first kappa shape index (κ1) is 20.6. The van der Waals surface area contributed by atoms with E-state index in [9.17, 15) is 18.0 Å². The lowest BCUT2D eigenvalue weighted by Gasteiger charge is -2.34. The third-order valence-electron chi connectivity index (χ3n) is 3.85. The van der Waals surface area contributed by atoms with Crippen LogP contribution in [0.15, 0.2) is 29.2 Å². The molecule has 7 nitrogen and oxygen atoms in total. The van der Waals surface area contributed by atoms with Crippen LogP contribution in [-0.2, 0) is 14.8 Å². The standard InChI is InChI=1S/C15H21N3O4S.ClH/c1-12(19)13-2-4-14(5-3-13)23(21,22)18-10-8-17(9-11-18)15(20)6-7-16;/h2-5H,6-11,16H2,1H3;1H. The number of nitrogens with two attached hydrogens (primary N) is 1. The van der Waals surface area contributed by atoms with Crippen molar-refractivity contribution in [1.82, 2.24) is 9.21 Å². The summed E-state index contributed by atoms with van der Waals surface area (Å²) in [5.74, 6) is -0.156. The molecule has 2 N–H and O–H groups in total. The number of sulfonamides is 1. The zero-order chi connectivity index (χ0) is 17.0. The van der Waals surface area contributed by atoms with E-state index in [2.05, 4.69) is 0 Å². The second-order valence-corrected chi connectivity index (χ2v) is 7.34. The lowest BCUT2D eigenvalue weighted by atomic mass is 10.2. The van der Waals surface area contributed by atoms with Crippen molar-refractivity contribution in [1.29, 1.82) is 0 Å². The number of hydrogen-bond donors (Lipinski definition) is 1. The van der Waals surface area contributed by atoms with Crippen LogP contribution in [0, 0.1) is 0 Å². The summed E-state index contributed by atoms with van der Waals surface area (Å²) in [7, 11) is -3.61. The highest BCUT2D eigenvalue weighted by Gasteiger charge is 2.29. The summed E-state index contributed by atoms with van der Waals surface area (Å²) in [6, 6.07) is 5.91. The van der Waals surface area contributed by atoms with Gasteiger partial charge in [-0.05, 0) is 19.1 Å². The van der Waals surface area contributed by atoms with E-state index in [4.69, 9.17) is 5.73 Å². The molecule has 9 heteroatoms. The van der Waals surface area contributed by atoms with Crippen LogP contribution in [0.2, 0.25) is 0 Å². The molecular weight excluding hydrogens is 354 g/mol. The Labute approximate surface area is 148 Å². The molecule has 1 amide bonds. The third-order valence-corrected chi connectivity index (χ3v) is 5.76. The Morgan fingerprint density at radius 1 is 1.08 bits per heavy atom. The van der Waals surface area contributed by atoms with Crippen LogP contribution < -0.4 is 5.73 Å². The Morgan fingerprint density at radius 2 is 1.62 bits per heavy atom. The van der Waals surface area contributed by atoms with E-state index in [0.29, 0.717) is 25.2 Å². The van der Waals surface area contributed by atoms with Crippen molar-refractivity contribution < 1.29 is 18.0 Å². The number of hydrogen-bond acceptors (Lipinski definition) is 5. The molecule has 0 atom stereocenters. The number of benzene rings is 1. The zero-order valence-electron chi connectivity index (χ0n) is 13.5. The fourth-order valence-electron chi connectivity index (χ4n) is 2.47. The predicted molar refractivity (Wildman–Crippen MR) is 92.7 cm³/mol. The number of nitrogens with zero attached hydrogens (tertiary/aromatic N) is 2. The number of piperazine rings is 1. The van der Waals surface area contributed by atoms with Gasteiger partial charge < -0.3 is 10.6 Å². The smallest absolute Gasteiger partial charge is 0.243 e. The van der Waals surface area contributed by atoms with Gasteiger partial charge in [0.1, 0.15) is 0 Å². The molecule has 0 saturated carbocycles. The molecule has 1 aliphatic rings. The molecule has 2 rings (SSSR count). The Bertz CT molecular complexity index is 683. The number of rotatable bonds is 5. The SMILES string of the molecule is CC(=O)c1ccc(S(=O)(=O)N2CCN(C(=O)CCN)CC2)cc1.Cl. The maximum atomic E-state index is 12.6. The molecule has 134 valence electrons. The quantitative estimate of drug-likeness (QED) is 0.755. The first-order valence-corrected chi connectivity index (χ1v) is 8.89. The molecular formula is C15H22ClN3O4S. The van der Waals surface area contributed by atoms with Gasteiger partial charge >= 0.3 is 0 Å². The average Bonchev–Trinajstić information content (AvgIpc) is 2.55. The molecule has 1 saturated heterocycles. The second kappa shape index (κ2) is 8.57. The number of carbonyl (C=O) groups is 2. The van der Waals surface area contributed by atoms with Crippen molar-refractivity contribution in [2.75, 3.05) is 32.7 Å². The lowest BCUT2D eigenvalue weighted by molar-refractivity contribution is -0.132. The summed E-state index contributed by atoms with van der Waals surface area (Å²) in [5, 5.41) is 0. The normalized spacial score (nSPS) is 15.7. The molecule has 1 aliphatic heterocycles. The van der Waals surface area contributed by atoms with Crippen LogP contribution >= 0.6 is 12.4 Å². The van der Waals surface area contributed by atoms with Gasteiger partial charge in [-0.25, -0.2) is 8.42 Å². The summed E-state index contributed by atoms with van der Waals surface area (Å²) >= 11 is 0. The van der Waals surface area contributed by atoms with Crippen LogP contribution in [-0.4, -0.2) is 62.0 Å². The van der Waals surface area contributed by atoms with Crippen molar-refractivity contribution in [2.24, 2.45) is 5.73 Å². The highest BCUT2D eigenvalue weighted by molar-refractivity contribution is 7.89. The average molecular weight is 376 g/mol. The van der Waals surface area contributed by atoms with Crippen molar-refractivity contribution >= 4 is 34.1 Å². The van der Waals surface area contributed by atoms with Crippen molar-refractivity contribution in [2.45, 2.75) is 18.2 Å². The van der Waals surface area contributed by atoms with Crippen molar-refractivity contribution in [3.8, 4) is 0 Å². The maximum Gasteiger partial charge on any atom is 0.243 e. The van der Waals surface area contributed by atoms with E-state index in [1.807, 2.05) is 0 Å². The molecule has 1 aromatic carbocycles. The van der Waals surface area contributed by atoms with Gasteiger partial charge in [-0.1, -0.05) is 12.1 Å². The van der Waals surface area contributed by atoms with E-state index in [1.54, 1.807) is 4.90 Å². The first-order chi connectivity index (χ1) is 10.9. The van der Waals surface area contributed by atoms with Crippen LogP contribution in [0.5, 0.6) is 0 Å². The number of amides is 1. The second-order valence-electron chi connectivity index (χ2n) is 5.40. The van der Waals surface area contributed by atoms with Crippen molar-refractivity contribution in [3.63, 3.8) is 0 Å². The van der Waals surface area contributed by atoms with Gasteiger partial charge in [0.05, 0.1) is 4.90 Å². The van der Waals surface area contributed by atoms with Gasteiger partial charge in [-0.15, -0.1) is 12.4 Å². The molecule has 0 spiro atoms. The van der Waals surface area contributed by atoms with Gasteiger partial charge in [-0.2, -0.15) is 4.31 Å². The molecule has 0 unspecified atom stereocenters. The van der Waals surface area contributed by atoms with Crippen molar-refractivity contribution in [3.05, 3.63) is 29.8 Å². The summed E-state index contributed by atoms with van der Waals surface area (Å²) in [4.78, 5) is 24.8. The van der Waals surface area contributed by atoms with Gasteiger partial charge in [0.25, 0.3) is 0 Å². The van der Waals surface area contributed by atoms with Gasteiger partial charge in [0, 0.05) is 44.7 Å². The minimum atomic E-state index is -3.61. The Kier molecular flexibility index (Phi) is 7.34. The van der Waals surface area contributed by atoms with E-state index in [1.165, 1.54) is 35.5 Å². The number of carbonyl (C=O) groups excluding carboxylic acids is 2. The molecule has 0 aliphatic carbocycles. The summed E-state index contributed by atoms with van der Waals surface area (Å²) in [5.41, 5.74) is 5.84. The summed E-state index contributed by atoms with van der Waals surface area (Å²) in [6.45, 7) is 2.97. The molecule has 1 heterocycles. The molecule has 0 bridgehead atoms. The zero-order valence-corrected chi connectivity index (χ0v) is 15.1. The molecule has 0 radical (unpaired) electrons. The molecule has 1 fully saturated rings. The third kappa shape index (κ3) is 4.54. The highest BCUT2D eigenvalue weighted by Crippen LogP contribution is 2.18. The highest BCUT2D eigenvalue weighted by atomic mass is 35.5. The van der Waals surface area contributed by atoms with E-state index < -0.39 is 10.0 Å². The topological polar surface area (TPSA) is 101 Å². The number of halogens is 1. The molecule has 24 heavy (non-hydrogen) atoms. The Hall–Kier alpha value is -1.48. The van der Waals surface area contributed by atoms with Crippen LogP contribution in [0.1, 0.15) is 23.7 Å². The lowest BCUT2D eigenvalue weighted by Crippen LogP contribution is -2.50. The van der Waals surface area contributed by atoms with E-state index >= 15 is 0 Å². The van der Waals surface area contributed by atoms with Crippen LogP contribution in [0.25, 0.3) is 0 Å². The summed E-state index contributed by atoms with van der Waals surface area (Å²) in [6.07, 6.45) is 0.277.